The summed E-state index contributed by atoms with van der Waals surface area (Å²) in [6.07, 6.45) is 1.40. The molecule has 2 aliphatic heterocycles. The number of para-hydroxylation sites is 2. The first kappa shape index (κ1) is 21.0. The van der Waals surface area contributed by atoms with Crippen molar-refractivity contribution in [3.05, 3.63) is 53.1 Å². The molecule has 0 unspecified atom stereocenters. The van der Waals surface area contributed by atoms with Crippen molar-refractivity contribution in [3.8, 4) is 0 Å². The van der Waals surface area contributed by atoms with Crippen molar-refractivity contribution in [2.45, 2.75) is 12.8 Å². The fraction of sp³-hybridized carbons (Fsp3) is 0.381. The van der Waals surface area contributed by atoms with Gasteiger partial charge in [-0.25, -0.2) is 8.42 Å². The molecule has 0 saturated carbocycles. The van der Waals surface area contributed by atoms with E-state index in [1.165, 1.54) is 4.31 Å². The summed E-state index contributed by atoms with van der Waals surface area (Å²) < 4.78 is 31.7. The Morgan fingerprint density at radius 1 is 1.00 bits per heavy atom. The molecule has 1 amide bonds. The van der Waals surface area contributed by atoms with Gasteiger partial charge in [0.25, 0.3) is 5.91 Å². The lowest BCUT2D eigenvalue weighted by Crippen LogP contribution is -2.38. The largest absolute Gasteiger partial charge is 0.378 e. The van der Waals surface area contributed by atoms with Crippen LogP contribution in [-0.2, 0) is 14.8 Å². The van der Waals surface area contributed by atoms with Crippen molar-refractivity contribution in [1.82, 2.24) is 0 Å². The minimum atomic E-state index is -3.42. The fourth-order valence-electron chi connectivity index (χ4n) is 3.76. The molecular weight excluding hydrogens is 426 g/mol. The van der Waals surface area contributed by atoms with Gasteiger partial charge in [-0.05, 0) is 43.2 Å². The predicted octanol–water partition coefficient (Wildman–Crippen LogP) is 3.36. The minimum Gasteiger partial charge on any atom is -0.378 e. The lowest BCUT2D eigenvalue weighted by Gasteiger charge is -2.30. The molecule has 7 nitrogen and oxygen atoms in total. The maximum absolute atomic E-state index is 13.0. The van der Waals surface area contributed by atoms with Crippen LogP contribution >= 0.6 is 11.6 Å². The van der Waals surface area contributed by atoms with Crippen LogP contribution < -0.4 is 14.5 Å². The Hall–Kier alpha value is -2.29. The van der Waals surface area contributed by atoms with Crippen LogP contribution in [0.2, 0.25) is 5.02 Å². The quantitative estimate of drug-likeness (QED) is 0.774. The van der Waals surface area contributed by atoms with Gasteiger partial charge in [0.15, 0.2) is 0 Å². The molecular formula is C21H24ClN3O4S. The SMILES string of the molecule is O=C(Nc1ccccc1N1CCOCC1)c1ccc(Cl)c(N2CCCCS2(=O)=O)c1. The second kappa shape index (κ2) is 8.83. The lowest BCUT2D eigenvalue weighted by atomic mass is 10.1. The highest BCUT2D eigenvalue weighted by Gasteiger charge is 2.28. The van der Waals surface area contributed by atoms with Gasteiger partial charge < -0.3 is 15.0 Å². The van der Waals surface area contributed by atoms with E-state index < -0.39 is 10.0 Å². The van der Waals surface area contributed by atoms with E-state index in [9.17, 15) is 13.2 Å². The van der Waals surface area contributed by atoms with Gasteiger partial charge in [-0.1, -0.05) is 23.7 Å². The predicted molar refractivity (Wildman–Crippen MR) is 119 cm³/mol. The maximum atomic E-state index is 13.0. The standard InChI is InChI=1S/C21H24ClN3O4S/c22-17-8-7-16(15-20(17)25-9-3-4-14-30(25,27)28)21(26)23-18-5-1-2-6-19(18)24-10-12-29-13-11-24/h1-2,5-8,15H,3-4,9-14H2,(H,23,26). The average molecular weight is 450 g/mol. The van der Waals surface area contributed by atoms with Gasteiger partial charge in [-0.3, -0.25) is 9.10 Å². The summed E-state index contributed by atoms with van der Waals surface area (Å²) in [5.74, 6) is -0.227. The van der Waals surface area contributed by atoms with Crippen LogP contribution in [0.1, 0.15) is 23.2 Å². The molecule has 0 aliphatic carbocycles. The van der Waals surface area contributed by atoms with E-state index in [2.05, 4.69) is 10.2 Å². The summed E-state index contributed by atoms with van der Waals surface area (Å²) in [7, 11) is -3.42. The molecule has 2 aromatic carbocycles. The number of rotatable bonds is 4. The van der Waals surface area contributed by atoms with E-state index in [4.69, 9.17) is 16.3 Å². The molecule has 2 saturated heterocycles. The van der Waals surface area contributed by atoms with E-state index >= 15 is 0 Å². The number of carbonyl (C=O) groups excluding carboxylic acids is 1. The summed E-state index contributed by atoms with van der Waals surface area (Å²) in [6, 6.07) is 12.4. The number of ether oxygens (including phenoxy) is 1. The van der Waals surface area contributed by atoms with Gasteiger partial charge in [0.05, 0.1) is 41.1 Å². The maximum Gasteiger partial charge on any atom is 0.255 e. The number of sulfonamides is 1. The number of nitrogens with zero attached hydrogens (tertiary/aromatic N) is 2. The number of carbonyl (C=O) groups is 1. The molecule has 0 radical (unpaired) electrons. The van der Waals surface area contributed by atoms with E-state index in [0.29, 0.717) is 48.1 Å². The van der Waals surface area contributed by atoms with Gasteiger partial charge in [0, 0.05) is 25.2 Å². The van der Waals surface area contributed by atoms with Crippen LogP contribution in [0.4, 0.5) is 17.1 Å². The lowest BCUT2D eigenvalue weighted by molar-refractivity contribution is 0.102. The molecule has 9 heteroatoms. The third-order valence-electron chi connectivity index (χ3n) is 5.33. The Bertz CT molecular complexity index is 1040. The normalized spacial score (nSPS) is 18.8. The third kappa shape index (κ3) is 4.40. The second-order valence-corrected chi connectivity index (χ2v) is 9.75. The Morgan fingerprint density at radius 2 is 1.77 bits per heavy atom. The van der Waals surface area contributed by atoms with E-state index in [1.54, 1.807) is 18.2 Å². The Labute approximate surface area is 181 Å². The third-order valence-corrected chi connectivity index (χ3v) is 7.51. The fourth-order valence-corrected chi connectivity index (χ4v) is 5.68. The molecule has 30 heavy (non-hydrogen) atoms. The van der Waals surface area contributed by atoms with Gasteiger partial charge >= 0.3 is 0 Å². The molecule has 0 spiro atoms. The van der Waals surface area contributed by atoms with Crippen LogP contribution in [-0.4, -0.2) is 52.9 Å². The van der Waals surface area contributed by atoms with Gasteiger partial charge in [-0.2, -0.15) is 0 Å². The molecule has 0 bridgehead atoms. The van der Waals surface area contributed by atoms with E-state index in [-0.39, 0.29) is 11.7 Å². The molecule has 2 heterocycles. The number of morpholine rings is 1. The van der Waals surface area contributed by atoms with Crippen LogP contribution in [0.5, 0.6) is 0 Å². The molecule has 4 rings (SSSR count). The number of hydrogen-bond donors (Lipinski definition) is 1. The summed E-state index contributed by atoms with van der Waals surface area (Å²) in [4.78, 5) is 15.2. The Balaban J connectivity index is 1.59. The first-order valence-corrected chi connectivity index (χ1v) is 12.0. The van der Waals surface area contributed by atoms with Gasteiger partial charge in [0.2, 0.25) is 10.0 Å². The zero-order valence-corrected chi connectivity index (χ0v) is 18.1. The van der Waals surface area contributed by atoms with Gasteiger partial charge in [0.1, 0.15) is 0 Å². The zero-order valence-electron chi connectivity index (χ0n) is 16.5. The number of anilines is 3. The van der Waals surface area contributed by atoms with E-state index in [0.717, 1.165) is 25.2 Å². The van der Waals surface area contributed by atoms with Crippen LogP contribution in [0, 0.1) is 0 Å². The van der Waals surface area contributed by atoms with Crippen LogP contribution in [0.25, 0.3) is 0 Å². The highest BCUT2D eigenvalue weighted by atomic mass is 35.5. The van der Waals surface area contributed by atoms with Crippen molar-refractivity contribution >= 4 is 44.6 Å². The Kier molecular flexibility index (Phi) is 6.17. The van der Waals surface area contributed by atoms with Crippen LogP contribution in [0.15, 0.2) is 42.5 Å². The number of benzene rings is 2. The molecule has 0 atom stereocenters. The highest BCUT2D eigenvalue weighted by molar-refractivity contribution is 7.92. The number of hydrogen-bond acceptors (Lipinski definition) is 5. The van der Waals surface area contributed by atoms with E-state index in [1.807, 2.05) is 24.3 Å². The zero-order chi connectivity index (χ0) is 21.1. The van der Waals surface area contributed by atoms with Crippen molar-refractivity contribution < 1.29 is 17.9 Å². The van der Waals surface area contributed by atoms with Crippen molar-refractivity contribution in [2.75, 3.05) is 53.1 Å². The first-order chi connectivity index (χ1) is 14.5. The molecule has 2 aliphatic rings. The van der Waals surface area contributed by atoms with Gasteiger partial charge in [-0.15, -0.1) is 0 Å². The van der Waals surface area contributed by atoms with Crippen molar-refractivity contribution in [1.29, 1.82) is 0 Å². The molecule has 2 aromatic rings. The first-order valence-electron chi connectivity index (χ1n) is 9.99. The summed E-state index contributed by atoms with van der Waals surface area (Å²) in [5.41, 5.74) is 2.34. The highest BCUT2D eigenvalue weighted by Crippen LogP contribution is 2.32. The molecule has 1 N–H and O–H groups in total. The number of nitrogens with one attached hydrogen (secondary N) is 1. The second-order valence-electron chi connectivity index (χ2n) is 7.33. The van der Waals surface area contributed by atoms with Crippen molar-refractivity contribution in [3.63, 3.8) is 0 Å². The minimum absolute atomic E-state index is 0.0900. The summed E-state index contributed by atoms with van der Waals surface area (Å²) >= 11 is 6.29. The monoisotopic (exact) mass is 449 g/mol. The molecule has 2 fully saturated rings. The van der Waals surface area contributed by atoms with Crippen molar-refractivity contribution in [2.24, 2.45) is 0 Å². The summed E-state index contributed by atoms with van der Waals surface area (Å²) in [6.45, 7) is 3.17. The Morgan fingerprint density at radius 3 is 2.53 bits per heavy atom. The number of halogens is 1. The summed E-state index contributed by atoms with van der Waals surface area (Å²) in [5, 5.41) is 3.27. The average Bonchev–Trinajstić information content (AvgIpc) is 2.75. The topological polar surface area (TPSA) is 79.0 Å². The smallest absolute Gasteiger partial charge is 0.255 e. The molecule has 0 aromatic heterocycles. The molecule has 160 valence electrons. The van der Waals surface area contributed by atoms with Crippen LogP contribution in [0.3, 0.4) is 0 Å². The number of amides is 1.